The van der Waals surface area contributed by atoms with Gasteiger partial charge in [-0.1, -0.05) is 5.16 Å². The van der Waals surface area contributed by atoms with Gasteiger partial charge < -0.3 is 14.4 Å². The summed E-state index contributed by atoms with van der Waals surface area (Å²) in [5.74, 6) is 0. The number of hydrogen-bond acceptors (Lipinski definition) is 5. The van der Waals surface area contributed by atoms with Crippen LogP contribution in [0.2, 0.25) is 0 Å². The molecule has 0 saturated carbocycles. The van der Waals surface area contributed by atoms with Gasteiger partial charge in [0, 0.05) is 25.2 Å². The highest BCUT2D eigenvalue weighted by Crippen LogP contribution is 2.09. The zero-order valence-corrected chi connectivity index (χ0v) is 7.93. The largest absolute Gasteiger partial charge is 0.394 e. The van der Waals surface area contributed by atoms with E-state index in [0.29, 0.717) is 6.61 Å². The van der Waals surface area contributed by atoms with Gasteiger partial charge in [0.25, 0.3) is 0 Å². The summed E-state index contributed by atoms with van der Waals surface area (Å²) in [5, 5.41) is 12.6. The predicted octanol–water partition coefficient (Wildman–Crippen LogP) is -0.132. The first kappa shape index (κ1) is 9.64. The van der Waals surface area contributed by atoms with Crippen molar-refractivity contribution in [3.63, 3.8) is 0 Å². The summed E-state index contributed by atoms with van der Waals surface area (Å²) in [5.41, 5.74) is 1.06. The monoisotopic (exact) mass is 198 g/mol. The van der Waals surface area contributed by atoms with Gasteiger partial charge >= 0.3 is 0 Å². The Bertz CT molecular complexity index is 263. The molecule has 5 nitrogen and oxygen atoms in total. The highest BCUT2D eigenvalue weighted by molar-refractivity contribution is 5.00. The van der Waals surface area contributed by atoms with Crippen LogP contribution in [0.5, 0.6) is 0 Å². The van der Waals surface area contributed by atoms with E-state index in [1.807, 2.05) is 0 Å². The molecule has 14 heavy (non-hydrogen) atoms. The number of rotatable bonds is 3. The van der Waals surface area contributed by atoms with Gasteiger partial charge in [0.15, 0.2) is 0 Å². The fourth-order valence-electron chi connectivity index (χ4n) is 1.60. The Morgan fingerprint density at radius 2 is 2.57 bits per heavy atom. The van der Waals surface area contributed by atoms with Crippen molar-refractivity contribution in [3.8, 4) is 0 Å². The summed E-state index contributed by atoms with van der Waals surface area (Å²) >= 11 is 0. The minimum absolute atomic E-state index is 0.0522. The minimum Gasteiger partial charge on any atom is -0.394 e. The molecule has 1 saturated heterocycles. The average molecular weight is 198 g/mol. The average Bonchev–Trinajstić information content (AvgIpc) is 2.71. The van der Waals surface area contributed by atoms with E-state index in [0.717, 1.165) is 25.2 Å². The molecule has 2 heterocycles. The number of aliphatic hydroxyl groups excluding tert-OH is 1. The lowest BCUT2D eigenvalue weighted by atomic mass is 10.2. The molecule has 0 bridgehead atoms. The van der Waals surface area contributed by atoms with E-state index in [1.165, 1.54) is 0 Å². The van der Waals surface area contributed by atoms with Crippen LogP contribution in [0.4, 0.5) is 0 Å². The fourth-order valence-corrected chi connectivity index (χ4v) is 1.60. The molecule has 1 aromatic heterocycles. The van der Waals surface area contributed by atoms with E-state index in [4.69, 9.17) is 14.4 Å². The van der Waals surface area contributed by atoms with Gasteiger partial charge in [0.2, 0.25) is 0 Å². The van der Waals surface area contributed by atoms with Crippen LogP contribution in [0.1, 0.15) is 5.56 Å². The number of hydrogen-bond donors (Lipinski definition) is 1. The maximum atomic E-state index is 8.95. The number of morpholine rings is 1. The van der Waals surface area contributed by atoms with Crippen LogP contribution in [0.25, 0.3) is 0 Å². The predicted molar refractivity (Wildman–Crippen MR) is 48.6 cm³/mol. The van der Waals surface area contributed by atoms with Gasteiger partial charge in [-0.2, -0.15) is 0 Å². The molecule has 1 atom stereocenters. The summed E-state index contributed by atoms with van der Waals surface area (Å²) in [6.07, 6.45) is 3.30. The molecule has 0 aliphatic carbocycles. The standard InChI is InChI=1S/C9H14N2O3/c12-6-9-5-11(1-2-13-9)4-8-3-10-14-7-8/h3,7,9,12H,1-2,4-6H2. The van der Waals surface area contributed by atoms with E-state index in [-0.39, 0.29) is 12.7 Å². The van der Waals surface area contributed by atoms with Gasteiger partial charge in [-0.3, -0.25) is 4.90 Å². The number of aromatic nitrogens is 1. The van der Waals surface area contributed by atoms with Crippen LogP contribution in [0, 0.1) is 0 Å². The summed E-state index contributed by atoms with van der Waals surface area (Å²) in [6.45, 7) is 3.23. The van der Waals surface area contributed by atoms with Crippen LogP contribution < -0.4 is 0 Å². The van der Waals surface area contributed by atoms with E-state index in [2.05, 4.69) is 10.1 Å². The highest BCUT2D eigenvalue weighted by atomic mass is 16.5. The first-order valence-electron chi connectivity index (χ1n) is 4.71. The first-order valence-corrected chi connectivity index (χ1v) is 4.71. The molecule has 0 aromatic carbocycles. The van der Waals surface area contributed by atoms with Crippen LogP contribution >= 0.6 is 0 Å². The Morgan fingerprint density at radius 1 is 1.64 bits per heavy atom. The molecule has 1 unspecified atom stereocenters. The Labute approximate surface area is 82.2 Å². The number of aliphatic hydroxyl groups is 1. The van der Waals surface area contributed by atoms with Crippen LogP contribution in [0.15, 0.2) is 17.0 Å². The Hall–Kier alpha value is -0.910. The molecule has 0 spiro atoms. The third kappa shape index (κ3) is 2.31. The normalized spacial score (nSPS) is 23.9. The summed E-state index contributed by atoms with van der Waals surface area (Å²) < 4.78 is 10.1. The summed E-state index contributed by atoms with van der Waals surface area (Å²) in [4.78, 5) is 2.22. The molecule has 2 rings (SSSR count). The van der Waals surface area contributed by atoms with Gasteiger partial charge in [-0.05, 0) is 0 Å². The summed E-state index contributed by atoms with van der Waals surface area (Å²) in [7, 11) is 0. The number of nitrogens with zero attached hydrogens (tertiary/aromatic N) is 2. The lowest BCUT2D eigenvalue weighted by Gasteiger charge is -2.31. The second-order valence-corrected chi connectivity index (χ2v) is 3.44. The van der Waals surface area contributed by atoms with E-state index < -0.39 is 0 Å². The molecule has 1 aliphatic heterocycles. The van der Waals surface area contributed by atoms with E-state index in [9.17, 15) is 0 Å². The van der Waals surface area contributed by atoms with Crippen molar-refractivity contribution in [1.82, 2.24) is 10.1 Å². The van der Waals surface area contributed by atoms with Gasteiger partial charge in [0.05, 0.1) is 25.5 Å². The maximum absolute atomic E-state index is 8.95. The van der Waals surface area contributed by atoms with Crippen molar-refractivity contribution in [2.45, 2.75) is 12.6 Å². The Morgan fingerprint density at radius 3 is 3.29 bits per heavy atom. The molecule has 1 N–H and O–H groups in total. The van der Waals surface area contributed by atoms with Crippen molar-refractivity contribution in [3.05, 3.63) is 18.0 Å². The highest BCUT2D eigenvalue weighted by Gasteiger charge is 2.19. The molecular formula is C9H14N2O3. The van der Waals surface area contributed by atoms with Crippen molar-refractivity contribution in [1.29, 1.82) is 0 Å². The van der Waals surface area contributed by atoms with Crippen LogP contribution in [0.3, 0.4) is 0 Å². The molecule has 1 fully saturated rings. The summed E-state index contributed by atoms with van der Waals surface area (Å²) in [6, 6.07) is 0. The third-order valence-corrected chi connectivity index (χ3v) is 2.32. The second kappa shape index (κ2) is 4.54. The van der Waals surface area contributed by atoms with Crippen molar-refractivity contribution in [2.24, 2.45) is 0 Å². The second-order valence-electron chi connectivity index (χ2n) is 3.44. The van der Waals surface area contributed by atoms with Crippen LogP contribution in [-0.2, 0) is 11.3 Å². The molecule has 1 aromatic rings. The quantitative estimate of drug-likeness (QED) is 0.733. The zero-order chi connectivity index (χ0) is 9.80. The molecule has 1 aliphatic rings. The molecule has 0 radical (unpaired) electrons. The Balaban J connectivity index is 1.86. The lowest BCUT2D eigenvalue weighted by molar-refractivity contribution is -0.0551. The molecular weight excluding hydrogens is 184 g/mol. The fraction of sp³-hybridized carbons (Fsp3) is 0.667. The third-order valence-electron chi connectivity index (χ3n) is 2.32. The van der Waals surface area contributed by atoms with Gasteiger partial charge in [-0.15, -0.1) is 0 Å². The number of ether oxygens (including phenoxy) is 1. The lowest BCUT2D eigenvalue weighted by Crippen LogP contribution is -2.43. The molecule has 0 amide bonds. The van der Waals surface area contributed by atoms with Crippen molar-refractivity contribution < 1.29 is 14.4 Å². The van der Waals surface area contributed by atoms with Gasteiger partial charge in [-0.25, -0.2) is 0 Å². The maximum Gasteiger partial charge on any atom is 0.128 e. The van der Waals surface area contributed by atoms with E-state index in [1.54, 1.807) is 12.5 Å². The molecule has 78 valence electrons. The van der Waals surface area contributed by atoms with Crippen molar-refractivity contribution >= 4 is 0 Å². The first-order chi connectivity index (χ1) is 6.88. The molecule has 5 heteroatoms. The SMILES string of the molecule is OCC1CN(Cc2cnoc2)CCO1. The smallest absolute Gasteiger partial charge is 0.128 e. The topological polar surface area (TPSA) is 58.7 Å². The Kier molecular flexibility index (Phi) is 3.13. The minimum atomic E-state index is -0.0522. The van der Waals surface area contributed by atoms with Gasteiger partial charge in [0.1, 0.15) is 6.26 Å². The van der Waals surface area contributed by atoms with Crippen LogP contribution in [-0.4, -0.2) is 47.6 Å². The van der Waals surface area contributed by atoms with E-state index >= 15 is 0 Å². The van der Waals surface area contributed by atoms with Crippen molar-refractivity contribution in [2.75, 3.05) is 26.3 Å². The zero-order valence-electron chi connectivity index (χ0n) is 7.93.